The summed E-state index contributed by atoms with van der Waals surface area (Å²) in [7, 11) is -1.25. The Morgan fingerprint density at radius 1 is 1.05 bits per heavy atom. The van der Waals surface area contributed by atoms with Crippen LogP contribution in [0.3, 0.4) is 0 Å². The molecule has 0 aliphatic heterocycles. The zero-order chi connectivity index (χ0) is 14.7. The normalized spacial score (nSPS) is 15.2. The van der Waals surface area contributed by atoms with Gasteiger partial charge >= 0.3 is 0 Å². The molecule has 0 aliphatic carbocycles. The highest BCUT2D eigenvalue weighted by Gasteiger charge is 2.15. The van der Waals surface area contributed by atoms with Crippen LogP contribution in [0.5, 0.6) is 0 Å². The van der Waals surface area contributed by atoms with Crippen LogP contribution in [0.25, 0.3) is 0 Å². The molecule has 2 heteroatoms. The van der Waals surface area contributed by atoms with Gasteiger partial charge in [-0.25, -0.2) is 0 Å². The van der Waals surface area contributed by atoms with Crippen LogP contribution in [0.15, 0.2) is 23.4 Å². The number of hydrogen-bond donors (Lipinski definition) is 1. The molecular weight excluding hydrogens is 248 g/mol. The predicted molar refractivity (Wildman–Crippen MR) is 90.2 cm³/mol. The van der Waals surface area contributed by atoms with Crippen molar-refractivity contribution >= 4 is 8.07 Å². The van der Waals surface area contributed by atoms with Crippen LogP contribution in [0.2, 0.25) is 19.6 Å². The third kappa shape index (κ3) is 11.2. The lowest BCUT2D eigenvalue weighted by Crippen LogP contribution is -2.21. The molecule has 0 aromatic carbocycles. The van der Waals surface area contributed by atoms with Gasteiger partial charge in [-0.15, -0.1) is 0 Å². The summed E-state index contributed by atoms with van der Waals surface area (Å²) in [6.45, 7) is 11.4. The Morgan fingerprint density at radius 3 is 2.26 bits per heavy atom. The molecule has 0 aliphatic rings. The minimum Gasteiger partial charge on any atom is -0.389 e. The van der Waals surface area contributed by atoms with Gasteiger partial charge in [0.2, 0.25) is 0 Å². The van der Waals surface area contributed by atoms with E-state index in [1.807, 2.05) is 0 Å². The third-order valence-corrected chi connectivity index (χ3v) is 4.34. The molecule has 19 heavy (non-hydrogen) atoms. The quantitative estimate of drug-likeness (QED) is 0.320. The average Bonchev–Trinajstić information content (AvgIpc) is 2.31. The van der Waals surface area contributed by atoms with Crippen molar-refractivity contribution in [1.82, 2.24) is 0 Å². The molecule has 0 rings (SSSR count). The minimum atomic E-state index is -1.25. The van der Waals surface area contributed by atoms with Crippen molar-refractivity contribution < 1.29 is 5.11 Å². The van der Waals surface area contributed by atoms with E-state index in [9.17, 15) is 5.11 Å². The second-order valence-corrected chi connectivity index (χ2v) is 11.6. The Bertz CT molecular complexity index is 273. The van der Waals surface area contributed by atoms with Gasteiger partial charge in [0.05, 0.1) is 14.2 Å². The first-order valence-corrected chi connectivity index (χ1v) is 11.5. The van der Waals surface area contributed by atoms with Gasteiger partial charge in [0.25, 0.3) is 0 Å². The molecule has 1 N–H and O–H groups in total. The van der Waals surface area contributed by atoms with Crippen molar-refractivity contribution in [2.75, 3.05) is 0 Å². The van der Waals surface area contributed by atoms with Gasteiger partial charge in [-0.2, -0.15) is 0 Å². The lowest BCUT2D eigenvalue weighted by Gasteiger charge is -2.18. The lowest BCUT2D eigenvalue weighted by molar-refractivity contribution is 0.197. The topological polar surface area (TPSA) is 20.2 Å². The van der Waals surface area contributed by atoms with Crippen LogP contribution >= 0.6 is 0 Å². The highest BCUT2D eigenvalue weighted by molar-refractivity contribution is 6.81. The Kier molecular flexibility index (Phi) is 10.3. The number of allylic oxidation sites excluding steroid dienone is 2. The summed E-state index contributed by atoms with van der Waals surface area (Å²) in [6, 6.07) is 0. The van der Waals surface area contributed by atoms with Crippen LogP contribution in [0.4, 0.5) is 0 Å². The van der Waals surface area contributed by atoms with Gasteiger partial charge in [-0.1, -0.05) is 70.6 Å². The van der Waals surface area contributed by atoms with E-state index in [1.54, 1.807) is 0 Å². The summed E-state index contributed by atoms with van der Waals surface area (Å²) in [5, 5.41) is 10.2. The van der Waals surface area contributed by atoms with Gasteiger partial charge in [0, 0.05) is 0 Å². The number of unbranched alkanes of at least 4 members (excludes halogenated alkanes) is 3. The summed E-state index contributed by atoms with van der Waals surface area (Å²) < 4.78 is 0. The number of aliphatic hydroxyl groups excluding tert-OH is 1. The van der Waals surface area contributed by atoms with Crippen molar-refractivity contribution in [3.05, 3.63) is 23.4 Å². The second-order valence-electron chi connectivity index (χ2n) is 6.56. The van der Waals surface area contributed by atoms with Crippen LogP contribution in [-0.4, -0.2) is 19.3 Å². The fourth-order valence-corrected chi connectivity index (χ4v) is 3.58. The third-order valence-electron chi connectivity index (χ3n) is 3.10. The molecule has 0 amide bonds. The summed E-state index contributed by atoms with van der Waals surface area (Å²) in [6.07, 6.45) is 12.2. The lowest BCUT2D eigenvalue weighted by atomic mass is 10.0. The Hall–Kier alpha value is -0.343. The molecular formula is C17H34OSi. The highest BCUT2D eigenvalue weighted by Crippen LogP contribution is 2.18. The molecule has 1 nitrogen and oxygen atoms in total. The largest absolute Gasteiger partial charge is 0.389 e. The second kappa shape index (κ2) is 10.4. The molecule has 0 bridgehead atoms. The Balaban J connectivity index is 4.40. The van der Waals surface area contributed by atoms with Gasteiger partial charge in [-0.3, -0.25) is 0 Å². The SMILES string of the molecule is CCCCC/C=C/C/C(=C\[Si](C)(C)C)C(O)CCC. The molecule has 0 radical (unpaired) electrons. The first kappa shape index (κ1) is 18.7. The number of aliphatic hydroxyl groups is 1. The predicted octanol–water partition coefficient (Wildman–Crippen LogP) is 5.48. The standard InChI is InChI=1S/C17H34OSi/c1-6-8-9-10-11-12-14-16(15-19(3,4)5)17(18)13-7-2/h11-12,15,17-18H,6-10,13-14H2,1-5H3/b12-11+,16-15+. The van der Waals surface area contributed by atoms with Crippen molar-refractivity contribution in [3.8, 4) is 0 Å². The molecule has 112 valence electrons. The van der Waals surface area contributed by atoms with Crippen molar-refractivity contribution in [3.63, 3.8) is 0 Å². The van der Waals surface area contributed by atoms with E-state index in [2.05, 4.69) is 51.3 Å². The van der Waals surface area contributed by atoms with E-state index < -0.39 is 8.07 Å². The van der Waals surface area contributed by atoms with Crippen LogP contribution in [0, 0.1) is 0 Å². The smallest absolute Gasteiger partial charge is 0.0749 e. The zero-order valence-corrected chi connectivity index (χ0v) is 14.7. The van der Waals surface area contributed by atoms with E-state index in [-0.39, 0.29) is 6.10 Å². The van der Waals surface area contributed by atoms with Crippen molar-refractivity contribution in [2.24, 2.45) is 0 Å². The molecule has 0 heterocycles. The minimum absolute atomic E-state index is 0.239. The molecule has 0 spiro atoms. The zero-order valence-electron chi connectivity index (χ0n) is 13.7. The van der Waals surface area contributed by atoms with Crippen molar-refractivity contribution in [1.29, 1.82) is 0 Å². The van der Waals surface area contributed by atoms with Crippen LogP contribution < -0.4 is 0 Å². The van der Waals surface area contributed by atoms with E-state index in [1.165, 1.54) is 31.3 Å². The Labute approximate surface area is 121 Å². The summed E-state index contributed by atoms with van der Waals surface area (Å²) in [5.41, 5.74) is 3.62. The van der Waals surface area contributed by atoms with E-state index >= 15 is 0 Å². The molecule has 0 aromatic heterocycles. The molecule has 0 fully saturated rings. The van der Waals surface area contributed by atoms with Crippen molar-refractivity contribution in [2.45, 2.75) is 84.5 Å². The van der Waals surface area contributed by atoms with Crippen LogP contribution in [0.1, 0.15) is 58.8 Å². The van der Waals surface area contributed by atoms with Gasteiger partial charge in [-0.05, 0) is 31.3 Å². The van der Waals surface area contributed by atoms with Gasteiger partial charge in [0.1, 0.15) is 0 Å². The molecule has 0 saturated carbocycles. The Morgan fingerprint density at radius 2 is 1.74 bits per heavy atom. The van der Waals surface area contributed by atoms with Crippen LogP contribution in [-0.2, 0) is 0 Å². The summed E-state index contributed by atoms with van der Waals surface area (Å²) >= 11 is 0. The maximum absolute atomic E-state index is 10.2. The number of hydrogen-bond acceptors (Lipinski definition) is 1. The van der Waals surface area contributed by atoms with E-state index in [4.69, 9.17) is 0 Å². The molecule has 1 unspecified atom stereocenters. The fraction of sp³-hybridized carbons (Fsp3) is 0.765. The van der Waals surface area contributed by atoms with Gasteiger partial charge < -0.3 is 5.11 Å². The summed E-state index contributed by atoms with van der Waals surface area (Å²) in [5.74, 6) is 0. The first-order chi connectivity index (χ1) is 8.90. The molecule has 1 atom stereocenters. The van der Waals surface area contributed by atoms with E-state index in [0.29, 0.717) is 0 Å². The maximum Gasteiger partial charge on any atom is 0.0749 e. The molecule has 0 saturated heterocycles. The maximum atomic E-state index is 10.2. The van der Waals surface area contributed by atoms with E-state index in [0.717, 1.165) is 19.3 Å². The highest BCUT2D eigenvalue weighted by atomic mass is 28.3. The first-order valence-electron chi connectivity index (χ1n) is 7.95. The average molecular weight is 283 g/mol. The summed E-state index contributed by atoms with van der Waals surface area (Å²) in [4.78, 5) is 0. The molecule has 0 aromatic rings. The fourth-order valence-electron chi connectivity index (χ4n) is 2.16. The van der Waals surface area contributed by atoms with Gasteiger partial charge in [0.15, 0.2) is 0 Å². The number of rotatable bonds is 10. The monoisotopic (exact) mass is 282 g/mol.